The van der Waals surface area contributed by atoms with Gasteiger partial charge in [0.05, 0.1) is 23.7 Å². The number of amides is 1. The summed E-state index contributed by atoms with van der Waals surface area (Å²) in [6.45, 7) is 0. The highest BCUT2D eigenvalue weighted by Gasteiger charge is 2.09. The SMILES string of the molecule is O=C(Cc1nc2ccccc2[nH]c1=O)NN=Cc1ccccc1Cl. The number of fused-ring (bicyclic) bond motifs is 1. The van der Waals surface area contributed by atoms with Crippen LogP contribution in [0.5, 0.6) is 0 Å². The van der Waals surface area contributed by atoms with Crippen LogP contribution in [0.1, 0.15) is 11.3 Å². The summed E-state index contributed by atoms with van der Waals surface area (Å²) >= 11 is 5.99. The normalized spacial score (nSPS) is 11.0. The Labute approximate surface area is 142 Å². The zero-order valence-corrected chi connectivity index (χ0v) is 13.2. The zero-order valence-electron chi connectivity index (χ0n) is 12.5. The lowest BCUT2D eigenvalue weighted by Gasteiger charge is -2.02. The molecule has 0 saturated heterocycles. The van der Waals surface area contributed by atoms with E-state index in [-0.39, 0.29) is 17.7 Å². The van der Waals surface area contributed by atoms with Crippen LogP contribution < -0.4 is 11.0 Å². The van der Waals surface area contributed by atoms with Gasteiger partial charge in [0.15, 0.2) is 0 Å². The summed E-state index contributed by atoms with van der Waals surface area (Å²) in [7, 11) is 0. The van der Waals surface area contributed by atoms with Gasteiger partial charge in [0.1, 0.15) is 5.69 Å². The Kier molecular flexibility index (Phi) is 4.67. The van der Waals surface area contributed by atoms with E-state index in [1.54, 1.807) is 36.4 Å². The van der Waals surface area contributed by atoms with Gasteiger partial charge in [-0.2, -0.15) is 5.10 Å². The smallest absolute Gasteiger partial charge is 0.270 e. The van der Waals surface area contributed by atoms with Crippen molar-refractivity contribution in [3.05, 3.63) is 75.2 Å². The van der Waals surface area contributed by atoms with Gasteiger partial charge in [-0.25, -0.2) is 10.4 Å². The molecule has 2 aromatic carbocycles. The van der Waals surface area contributed by atoms with Crippen molar-refractivity contribution in [1.29, 1.82) is 0 Å². The van der Waals surface area contributed by atoms with Gasteiger partial charge < -0.3 is 4.98 Å². The number of rotatable bonds is 4. The zero-order chi connectivity index (χ0) is 16.9. The summed E-state index contributed by atoms with van der Waals surface area (Å²) in [4.78, 5) is 30.8. The Bertz CT molecular complexity index is 981. The molecule has 0 unspecified atom stereocenters. The van der Waals surface area contributed by atoms with Crippen LogP contribution in [0, 0.1) is 0 Å². The average Bonchev–Trinajstić information content (AvgIpc) is 2.57. The highest BCUT2D eigenvalue weighted by atomic mass is 35.5. The van der Waals surface area contributed by atoms with Crippen molar-refractivity contribution in [1.82, 2.24) is 15.4 Å². The average molecular weight is 341 g/mol. The first-order valence-corrected chi connectivity index (χ1v) is 7.55. The summed E-state index contributed by atoms with van der Waals surface area (Å²) in [6.07, 6.45) is 1.28. The van der Waals surface area contributed by atoms with Crippen LogP contribution in [-0.4, -0.2) is 22.1 Å². The molecule has 0 spiro atoms. The molecule has 24 heavy (non-hydrogen) atoms. The molecule has 0 aliphatic rings. The van der Waals surface area contributed by atoms with Crippen molar-refractivity contribution in [2.75, 3.05) is 0 Å². The van der Waals surface area contributed by atoms with E-state index in [4.69, 9.17) is 11.6 Å². The van der Waals surface area contributed by atoms with E-state index >= 15 is 0 Å². The summed E-state index contributed by atoms with van der Waals surface area (Å²) in [5, 5.41) is 4.37. The lowest BCUT2D eigenvalue weighted by molar-refractivity contribution is -0.120. The van der Waals surface area contributed by atoms with E-state index in [1.165, 1.54) is 6.21 Å². The second-order valence-corrected chi connectivity index (χ2v) is 5.43. The number of hydrogen-bond acceptors (Lipinski definition) is 4. The predicted octanol–water partition coefficient (Wildman–Crippen LogP) is 2.27. The molecule has 0 aliphatic carbocycles. The Hall–Kier alpha value is -2.99. The van der Waals surface area contributed by atoms with Crippen molar-refractivity contribution in [2.24, 2.45) is 5.10 Å². The number of H-pyrrole nitrogens is 1. The van der Waals surface area contributed by atoms with E-state index < -0.39 is 5.91 Å². The molecule has 6 nitrogen and oxygen atoms in total. The molecule has 3 aromatic rings. The number of carbonyl (C=O) groups excluding carboxylic acids is 1. The van der Waals surface area contributed by atoms with Crippen LogP contribution in [0.15, 0.2) is 58.4 Å². The molecular formula is C17H13ClN4O2. The highest BCUT2D eigenvalue weighted by molar-refractivity contribution is 6.33. The maximum absolute atomic E-state index is 12.0. The third-order valence-electron chi connectivity index (χ3n) is 3.30. The number of nitrogens with one attached hydrogen (secondary N) is 2. The highest BCUT2D eigenvalue weighted by Crippen LogP contribution is 2.12. The molecule has 0 radical (unpaired) electrons. The van der Waals surface area contributed by atoms with Crippen LogP contribution in [0.3, 0.4) is 0 Å². The monoisotopic (exact) mass is 340 g/mol. The number of hydrogen-bond donors (Lipinski definition) is 2. The molecule has 1 heterocycles. The van der Waals surface area contributed by atoms with E-state index in [9.17, 15) is 9.59 Å². The topological polar surface area (TPSA) is 87.2 Å². The quantitative estimate of drug-likeness (QED) is 0.564. The van der Waals surface area contributed by atoms with Gasteiger partial charge in [-0.3, -0.25) is 9.59 Å². The largest absolute Gasteiger partial charge is 0.319 e. The Balaban J connectivity index is 1.70. The number of hydrazone groups is 1. The van der Waals surface area contributed by atoms with E-state index in [0.29, 0.717) is 21.6 Å². The third-order valence-corrected chi connectivity index (χ3v) is 3.64. The standard InChI is InChI=1S/C17H13ClN4O2/c18-12-6-2-1-5-11(12)10-19-22-16(23)9-15-17(24)21-14-8-4-3-7-13(14)20-15/h1-8,10H,9H2,(H,21,24)(H,22,23). The number of benzene rings is 2. The van der Waals surface area contributed by atoms with Gasteiger partial charge in [-0.15, -0.1) is 0 Å². The lowest BCUT2D eigenvalue weighted by atomic mass is 10.2. The molecule has 0 atom stereocenters. The molecule has 0 saturated carbocycles. The van der Waals surface area contributed by atoms with Crippen LogP contribution in [0.2, 0.25) is 5.02 Å². The van der Waals surface area contributed by atoms with E-state index in [2.05, 4.69) is 20.5 Å². The summed E-state index contributed by atoms with van der Waals surface area (Å²) < 4.78 is 0. The molecule has 2 N–H and O–H groups in total. The number of halogens is 1. The summed E-state index contributed by atoms with van der Waals surface area (Å²) in [6, 6.07) is 14.2. The van der Waals surface area contributed by atoms with Crippen LogP contribution >= 0.6 is 11.6 Å². The van der Waals surface area contributed by atoms with Gasteiger partial charge in [-0.1, -0.05) is 41.9 Å². The van der Waals surface area contributed by atoms with Crippen LogP contribution in [0.25, 0.3) is 11.0 Å². The number of aromatic nitrogens is 2. The molecular weight excluding hydrogens is 328 g/mol. The number of aromatic amines is 1. The first-order chi connectivity index (χ1) is 11.6. The van der Waals surface area contributed by atoms with Crippen molar-refractivity contribution in [3.63, 3.8) is 0 Å². The summed E-state index contributed by atoms with van der Waals surface area (Å²) in [5.41, 5.74) is 4.04. The number of nitrogens with zero attached hydrogens (tertiary/aromatic N) is 2. The molecule has 1 aromatic heterocycles. The predicted molar refractivity (Wildman–Crippen MR) is 93.3 cm³/mol. The first kappa shape index (κ1) is 15.9. The fourth-order valence-electron chi connectivity index (χ4n) is 2.13. The number of carbonyl (C=O) groups is 1. The molecule has 0 bridgehead atoms. The van der Waals surface area contributed by atoms with Gasteiger partial charge in [0.25, 0.3) is 5.56 Å². The molecule has 7 heteroatoms. The third kappa shape index (κ3) is 3.67. The van der Waals surface area contributed by atoms with Crippen molar-refractivity contribution < 1.29 is 4.79 Å². The fraction of sp³-hybridized carbons (Fsp3) is 0.0588. The van der Waals surface area contributed by atoms with Crippen LogP contribution in [-0.2, 0) is 11.2 Å². The molecule has 0 aliphatic heterocycles. The van der Waals surface area contributed by atoms with Crippen molar-refractivity contribution in [3.8, 4) is 0 Å². The second-order valence-electron chi connectivity index (χ2n) is 5.02. The van der Waals surface area contributed by atoms with E-state index in [1.807, 2.05) is 12.1 Å². The maximum atomic E-state index is 12.0. The Morgan fingerprint density at radius 3 is 2.79 bits per heavy atom. The first-order valence-electron chi connectivity index (χ1n) is 7.18. The van der Waals surface area contributed by atoms with Gasteiger partial charge >= 0.3 is 0 Å². The Morgan fingerprint density at radius 1 is 1.21 bits per heavy atom. The molecule has 1 amide bonds. The maximum Gasteiger partial charge on any atom is 0.270 e. The van der Waals surface area contributed by atoms with E-state index in [0.717, 1.165) is 0 Å². The van der Waals surface area contributed by atoms with Gasteiger partial charge in [0.2, 0.25) is 5.91 Å². The van der Waals surface area contributed by atoms with Crippen molar-refractivity contribution in [2.45, 2.75) is 6.42 Å². The minimum Gasteiger partial charge on any atom is -0.319 e. The second kappa shape index (κ2) is 7.06. The molecule has 3 rings (SSSR count). The minimum absolute atomic E-state index is 0.138. The fourth-order valence-corrected chi connectivity index (χ4v) is 2.32. The summed E-state index contributed by atoms with van der Waals surface area (Å²) in [5.74, 6) is -0.438. The lowest BCUT2D eigenvalue weighted by Crippen LogP contribution is -2.25. The van der Waals surface area contributed by atoms with Crippen molar-refractivity contribution >= 4 is 34.8 Å². The molecule has 120 valence electrons. The minimum atomic E-state index is -0.438. The van der Waals surface area contributed by atoms with Gasteiger partial charge in [0, 0.05) is 10.6 Å². The Morgan fingerprint density at radius 2 is 1.96 bits per heavy atom. The molecule has 0 fully saturated rings. The number of para-hydroxylation sites is 2. The van der Waals surface area contributed by atoms with Crippen LogP contribution in [0.4, 0.5) is 0 Å². The van der Waals surface area contributed by atoms with Gasteiger partial charge in [-0.05, 0) is 18.2 Å².